The van der Waals surface area contributed by atoms with Gasteiger partial charge in [0.25, 0.3) is 11.5 Å². The zero-order chi connectivity index (χ0) is 31.1. The molecule has 0 radical (unpaired) electrons. The largest absolute Gasteiger partial charge is 0.393 e. The topological polar surface area (TPSA) is 79.8 Å². The fourth-order valence-electron chi connectivity index (χ4n) is 5.10. The average molecular weight is 599 g/mol. The number of hydrogen-bond donors (Lipinski definition) is 2. The van der Waals surface area contributed by atoms with Crippen LogP contribution >= 0.6 is 0 Å². The molecule has 222 valence electrons. The summed E-state index contributed by atoms with van der Waals surface area (Å²) in [6, 6.07) is 12.7. The number of anilines is 1. The highest BCUT2D eigenvalue weighted by molar-refractivity contribution is 6.08. The predicted molar refractivity (Wildman–Crippen MR) is 151 cm³/mol. The number of H-pyrrole nitrogens is 1. The number of fused-ring (bicyclic) bond motifs is 1. The fraction of sp³-hybridized carbons (Fsp3) is 0.194. The van der Waals surface area contributed by atoms with E-state index in [1.54, 1.807) is 37.3 Å². The Labute approximate surface area is 241 Å². The van der Waals surface area contributed by atoms with Gasteiger partial charge in [0.05, 0.1) is 28.6 Å². The summed E-state index contributed by atoms with van der Waals surface area (Å²) in [7, 11) is 1.29. The number of amides is 1. The Kier molecular flexibility index (Phi) is 7.87. The SMILES string of the molecule is CCCC(=O)Nc1nc(F)c(F)c(-c2[nH]c3c(CC(F)(F)F)cn(C)c(=O)c3c2-c2ccccc2)c1-c1ccc(F)cc1. The van der Waals surface area contributed by atoms with Crippen molar-refractivity contribution < 1.29 is 31.1 Å². The molecule has 0 saturated heterocycles. The van der Waals surface area contributed by atoms with Gasteiger partial charge in [0.1, 0.15) is 11.6 Å². The van der Waals surface area contributed by atoms with E-state index in [1.807, 2.05) is 0 Å². The lowest BCUT2D eigenvalue weighted by atomic mass is 9.93. The summed E-state index contributed by atoms with van der Waals surface area (Å²) >= 11 is 0. The van der Waals surface area contributed by atoms with Crippen LogP contribution in [0.25, 0.3) is 44.4 Å². The number of nitrogens with zero attached hydrogens (tertiary/aromatic N) is 2. The van der Waals surface area contributed by atoms with E-state index in [2.05, 4.69) is 15.3 Å². The standard InChI is InChI=1S/C31H24F6N4O2/c1-3-7-20(42)38-29-22(17-10-12-19(32)13-11-17)23(25(33)28(34)40-29)27-21(16-8-5-4-6-9-16)24-26(39-27)18(14-31(35,36)37)15-41(2)30(24)43/h4-6,8-13,15,39H,3,7,14H2,1-2H3,(H,38,40,42). The van der Waals surface area contributed by atoms with E-state index in [1.165, 1.54) is 19.2 Å². The van der Waals surface area contributed by atoms with E-state index < -0.39 is 47.2 Å². The Morgan fingerprint density at radius 1 is 0.953 bits per heavy atom. The molecule has 2 aromatic carbocycles. The summed E-state index contributed by atoms with van der Waals surface area (Å²) in [6.45, 7) is 1.74. The molecule has 0 fully saturated rings. The van der Waals surface area contributed by atoms with Crippen molar-refractivity contribution in [3.63, 3.8) is 0 Å². The monoisotopic (exact) mass is 598 g/mol. The van der Waals surface area contributed by atoms with Gasteiger partial charge in [0.15, 0.2) is 5.82 Å². The molecule has 0 atom stereocenters. The molecule has 43 heavy (non-hydrogen) atoms. The number of carbonyl (C=O) groups excluding carboxylic acids is 1. The first-order valence-corrected chi connectivity index (χ1v) is 13.2. The van der Waals surface area contributed by atoms with Crippen molar-refractivity contribution in [1.29, 1.82) is 0 Å². The molecule has 0 spiro atoms. The number of hydrogen-bond acceptors (Lipinski definition) is 3. The number of pyridine rings is 2. The van der Waals surface area contributed by atoms with Gasteiger partial charge in [-0.25, -0.2) is 8.78 Å². The molecule has 0 aliphatic rings. The maximum atomic E-state index is 16.0. The van der Waals surface area contributed by atoms with E-state index in [9.17, 15) is 27.2 Å². The van der Waals surface area contributed by atoms with Gasteiger partial charge in [-0.2, -0.15) is 22.5 Å². The number of aromatic nitrogens is 3. The lowest BCUT2D eigenvalue weighted by Crippen LogP contribution is -2.20. The van der Waals surface area contributed by atoms with Crippen LogP contribution in [0.3, 0.4) is 0 Å². The molecule has 12 heteroatoms. The quantitative estimate of drug-likeness (QED) is 0.150. The first-order chi connectivity index (χ1) is 20.4. The Balaban J connectivity index is 1.97. The van der Waals surface area contributed by atoms with Crippen molar-refractivity contribution in [2.45, 2.75) is 32.4 Å². The molecule has 2 N–H and O–H groups in total. The van der Waals surface area contributed by atoms with Gasteiger partial charge >= 0.3 is 6.18 Å². The Morgan fingerprint density at radius 3 is 2.23 bits per heavy atom. The number of halogens is 6. The van der Waals surface area contributed by atoms with E-state index >= 15 is 8.78 Å². The lowest BCUT2D eigenvalue weighted by molar-refractivity contribution is -0.127. The van der Waals surface area contributed by atoms with Crippen LogP contribution in [-0.4, -0.2) is 26.6 Å². The highest BCUT2D eigenvalue weighted by atomic mass is 19.4. The first kappa shape index (κ1) is 29.6. The zero-order valence-corrected chi connectivity index (χ0v) is 22.9. The second-order valence-electron chi connectivity index (χ2n) is 9.97. The van der Waals surface area contributed by atoms with Crippen LogP contribution < -0.4 is 10.9 Å². The second-order valence-corrected chi connectivity index (χ2v) is 9.97. The maximum Gasteiger partial charge on any atom is 0.393 e. The van der Waals surface area contributed by atoms with Gasteiger partial charge < -0.3 is 14.9 Å². The number of benzene rings is 2. The van der Waals surface area contributed by atoms with E-state index in [-0.39, 0.29) is 51.1 Å². The van der Waals surface area contributed by atoms with Crippen molar-refractivity contribution in [2.75, 3.05) is 5.32 Å². The third kappa shape index (κ3) is 5.77. The predicted octanol–water partition coefficient (Wildman–Crippen LogP) is 7.52. The molecule has 3 heterocycles. The minimum absolute atomic E-state index is 0.0129. The van der Waals surface area contributed by atoms with Gasteiger partial charge in [0.2, 0.25) is 5.91 Å². The van der Waals surface area contributed by atoms with Crippen LogP contribution in [0.5, 0.6) is 0 Å². The molecular weight excluding hydrogens is 574 g/mol. The van der Waals surface area contributed by atoms with Crippen molar-refractivity contribution >= 4 is 22.6 Å². The average Bonchev–Trinajstić information content (AvgIpc) is 3.34. The van der Waals surface area contributed by atoms with E-state index in [0.717, 1.165) is 22.9 Å². The molecule has 3 aromatic heterocycles. The van der Waals surface area contributed by atoms with Crippen LogP contribution in [-0.2, 0) is 18.3 Å². The number of aromatic amines is 1. The van der Waals surface area contributed by atoms with Crippen LogP contribution in [0.15, 0.2) is 65.6 Å². The molecule has 0 bridgehead atoms. The highest BCUT2D eigenvalue weighted by Crippen LogP contribution is 2.46. The summed E-state index contributed by atoms with van der Waals surface area (Å²) in [5, 5.41) is 2.30. The molecule has 1 amide bonds. The van der Waals surface area contributed by atoms with Gasteiger partial charge in [-0.05, 0) is 29.7 Å². The minimum Gasteiger partial charge on any atom is -0.353 e. The smallest absolute Gasteiger partial charge is 0.353 e. The van der Waals surface area contributed by atoms with Crippen molar-refractivity contribution in [1.82, 2.24) is 14.5 Å². The van der Waals surface area contributed by atoms with E-state index in [4.69, 9.17) is 0 Å². The maximum absolute atomic E-state index is 16.0. The van der Waals surface area contributed by atoms with Crippen molar-refractivity contribution in [3.05, 3.63) is 94.3 Å². The Hall–Kier alpha value is -4.87. The van der Waals surface area contributed by atoms with Gasteiger partial charge in [-0.1, -0.05) is 49.4 Å². The highest BCUT2D eigenvalue weighted by Gasteiger charge is 2.33. The van der Waals surface area contributed by atoms with E-state index in [0.29, 0.717) is 12.0 Å². The molecule has 0 unspecified atom stereocenters. The molecule has 0 saturated carbocycles. The summed E-state index contributed by atoms with van der Waals surface area (Å²) in [5.41, 5.74) is -1.65. The minimum atomic E-state index is -4.66. The second kappa shape index (κ2) is 11.4. The van der Waals surface area contributed by atoms with Gasteiger partial charge in [0, 0.05) is 36.4 Å². The number of nitrogens with one attached hydrogen (secondary N) is 2. The molecule has 0 aliphatic heterocycles. The van der Waals surface area contributed by atoms with Crippen LogP contribution in [0.1, 0.15) is 25.3 Å². The van der Waals surface area contributed by atoms with Crippen LogP contribution in [0, 0.1) is 17.6 Å². The normalized spacial score (nSPS) is 11.7. The molecular formula is C31H24F6N4O2. The van der Waals surface area contributed by atoms with Crippen molar-refractivity contribution in [2.24, 2.45) is 7.05 Å². The molecule has 0 aliphatic carbocycles. The first-order valence-electron chi connectivity index (χ1n) is 13.2. The van der Waals surface area contributed by atoms with Crippen LogP contribution in [0.2, 0.25) is 0 Å². The Morgan fingerprint density at radius 2 is 1.60 bits per heavy atom. The summed E-state index contributed by atoms with van der Waals surface area (Å²) < 4.78 is 87.1. The summed E-state index contributed by atoms with van der Waals surface area (Å²) in [6.07, 6.45) is -4.58. The molecule has 5 rings (SSSR count). The summed E-state index contributed by atoms with van der Waals surface area (Å²) in [4.78, 5) is 32.5. The van der Waals surface area contributed by atoms with Gasteiger partial charge in [-0.15, -0.1) is 0 Å². The number of rotatable bonds is 7. The van der Waals surface area contributed by atoms with Gasteiger partial charge in [-0.3, -0.25) is 9.59 Å². The Bertz CT molecular complexity index is 1900. The number of aryl methyl sites for hydroxylation is 1. The van der Waals surface area contributed by atoms with Crippen molar-refractivity contribution in [3.8, 4) is 33.5 Å². The molecule has 5 aromatic rings. The third-order valence-electron chi connectivity index (χ3n) is 6.87. The number of alkyl halides is 3. The van der Waals surface area contributed by atoms with Crippen LogP contribution in [0.4, 0.5) is 32.2 Å². The lowest BCUT2D eigenvalue weighted by Gasteiger charge is -2.17. The fourth-order valence-corrected chi connectivity index (χ4v) is 5.10. The molecule has 6 nitrogen and oxygen atoms in total. The number of carbonyl (C=O) groups is 1. The summed E-state index contributed by atoms with van der Waals surface area (Å²) in [5.74, 6) is -4.68. The third-order valence-corrected chi connectivity index (χ3v) is 6.87. The zero-order valence-electron chi connectivity index (χ0n) is 22.9.